The van der Waals surface area contributed by atoms with E-state index in [2.05, 4.69) is 21.8 Å². The zero-order chi connectivity index (χ0) is 16.9. The van der Waals surface area contributed by atoms with Gasteiger partial charge in [-0.05, 0) is 31.9 Å². The van der Waals surface area contributed by atoms with Gasteiger partial charge in [0.15, 0.2) is 11.5 Å². The third-order valence-corrected chi connectivity index (χ3v) is 3.37. The van der Waals surface area contributed by atoms with Crippen molar-refractivity contribution < 1.29 is 13.9 Å². The zero-order valence-corrected chi connectivity index (χ0v) is 13.6. The largest absolute Gasteiger partial charge is 0.449 e. The average molecular weight is 323 g/mol. The number of ether oxygens (including phenoxy) is 1. The monoisotopic (exact) mass is 323 g/mol. The van der Waals surface area contributed by atoms with Gasteiger partial charge in [0.2, 0.25) is 0 Å². The number of carbonyl (C=O) groups is 1. The molecule has 6 heteroatoms. The number of rotatable bonds is 3. The quantitative estimate of drug-likeness (QED) is 0.692. The summed E-state index contributed by atoms with van der Waals surface area (Å²) in [5, 5.41) is 0. The molecule has 0 N–H and O–H groups in total. The molecule has 0 saturated carbocycles. The van der Waals surface area contributed by atoms with Crippen molar-refractivity contribution in [3.63, 3.8) is 0 Å². The van der Waals surface area contributed by atoms with Crippen molar-refractivity contribution in [2.75, 3.05) is 6.61 Å². The van der Waals surface area contributed by atoms with Crippen molar-refractivity contribution in [1.82, 2.24) is 14.5 Å². The highest BCUT2D eigenvalue weighted by Crippen LogP contribution is 2.15. The first kappa shape index (κ1) is 15.8. The number of imidazole rings is 1. The van der Waals surface area contributed by atoms with Crippen molar-refractivity contribution >= 4 is 17.2 Å². The summed E-state index contributed by atoms with van der Waals surface area (Å²) < 4.78 is 11.9. The SMILES string of the molecule is CCOC(=O)n1cc(C#CCCc2nc3ccccc3o2)nc1C. The molecule has 0 amide bonds. The van der Waals surface area contributed by atoms with Crippen LogP contribution >= 0.6 is 0 Å². The Hall–Kier alpha value is -3.07. The average Bonchev–Trinajstić information content (AvgIpc) is 3.14. The molecule has 24 heavy (non-hydrogen) atoms. The van der Waals surface area contributed by atoms with E-state index in [1.807, 2.05) is 24.3 Å². The summed E-state index contributed by atoms with van der Waals surface area (Å²) in [5.74, 6) is 7.19. The fourth-order valence-corrected chi connectivity index (χ4v) is 2.26. The van der Waals surface area contributed by atoms with E-state index in [1.165, 1.54) is 4.57 Å². The van der Waals surface area contributed by atoms with E-state index in [4.69, 9.17) is 9.15 Å². The summed E-state index contributed by atoms with van der Waals surface area (Å²) >= 11 is 0. The number of fused-ring (bicyclic) bond motifs is 1. The van der Waals surface area contributed by atoms with Gasteiger partial charge in [0.1, 0.15) is 17.0 Å². The van der Waals surface area contributed by atoms with E-state index in [1.54, 1.807) is 20.0 Å². The lowest BCUT2D eigenvalue weighted by atomic mass is 10.3. The van der Waals surface area contributed by atoms with Gasteiger partial charge in [0, 0.05) is 12.8 Å². The molecule has 122 valence electrons. The lowest BCUT2D eigenvalue weighted by Gasteiger charge is -2.01. The third-order valence-electron chi connectivity index (χ3n) is 3.37. The number of nitrogens with zero attached hydrogens (tertiary/aromatic N) is 3. The van der Waals surface area contributed by atoms with Crippen molar-refractivity contribution in [3.05, 3.63) is 47.9 Å². The smallest absolute Gasteiger partial charge is 0.419 e. The normalized spacial score (nSPS) is 10.4. The maximum Gasteiger partial charge on any atom is 0.419 e. The molecule has 2 aromatic heterocycles. The summed E-state index contributed by atoms with van der Waals surface area (Å²) in [5.41, 5.74) is 2.17. The number of hydrogen-bond donors (Lipinski definition) is 0. The Kier molecular flexibility index (Phi) is 4.62. The van der Waals surface area contributed by atoms with Gasteiger partial charge in [-0.2, -0.15) is 0 Å². The summed E-state index contributed by atoms with van der Waals surface area (Å²) in [7, 11) is 0. The molecule has 0 unspecified atom stereocenters. The van der Waals surface area contributed by atoms with Gasteiger partial charge in [0.05, 0.1) is 12.8 Å². The van der Waals surface area contributed by atoms with Crippen LogP contribution in [0.3, 0.4) is 0 Å². The Morgan fingerprint density at radius 1 is 1.33 bits per heavy atom. The molecule has 6 nitrogen and oxygen atoms in total. The fourth-order valence-electron chi connectivity index (χ4n) is 2.26. The Morgan fingerprint density at radius 2 is 2.17 bits per heavy atom. The van der Waals surface area contributed by atoms with E-state index in [0.717, 1.165) is 11.1 Å². The van der Waals surface area contributed by atoms with Crippen molar-refractivity contribution in [2.45, 2.75) is 26.7 Å². The molecule has 1 aromatic carbocycles. The maximum atomic E-state index is 11.7. The van der Waals surface area contributed by atoms with Crippen LogP contribution in [0.2, 0.25) is 0 Å². The van der Waals surface area contributed by atoms with E-state index in [0.29, 0.717) is 36.9 Å². The molecule has 0 aliphatic heterocycles. The molecule has 0 aliphatic carbocycles. The maximum absolute atomic E-state index is 11.7. The predicted octanol–water partition coefficient (Wildman–Crippen LogP) is 3.32. The van der Waals surface area contributed by atoms with Gasteiger partial charge in [0.25, 0.3) is 0 Å². The lowest BCUT2D eigenvalue weighted by molar-refractivity contribution is 0.153. The van der Waals surface area contributed by atoms with Gasteiger partial charge in [-0.1, -0.05) is 18.1 Å². The van der Waals surface area contributed by atoms with E-state index in [-0.39, 0.29) is 0 Å². The number of para-hydroxylation sites is 2. The topological polar surface area (TPSA) is 70.2 Å². The van der Waals surface area contributed by atoms with Gasteiger partial charge >= 0.3 is 6.09 Å². The molecular weight excluding hydrogens is 306 g/mol. The van der Waals surface area contributed by atoms with E-state index in [9.17, 15) is 4.79 Å². The highest BCUT2D eigenvalue weighted by Gasteiger charge is 2.10. The minimum Gasteiger partial charge on any atom is -0.449 e. The van der Waals surface area contributed by atoms with Crippen LogP contribution in [-0.4, -0.2) is 27.2 Å². The summed E-state index contributed by atoms with van der Waals surface area (Å²) in [6.45, 7) is 3.82. The Morgan fingerprint density at radius 3 is 2.96 bits per heavy atom. The molecule has 0 saturated heterocycles. The molecule has 0 bridgehead atoms. The highest BCUT2D eigenvalue weighted by molar-refractivity contribution is 5.72. The number of carbonyl (C=O) groups excluding carboxylic acids is 1. The number of aromatic nitrogens is 3. The highest BCUT2D eigenvalue weighted by atomic mass is 16.5. The van der Waals surface area contributed by atoms with E-state index < -0.39 is 6.09 Å². The molecule has 0 radical (unpaired) electrons. The summed E-state index contributed by atoms with van der Waals surface area (Å²) in [4.78, 5) is 20.4. The van der Waals surface area contributed by atoms with Crippen molar-refractivity contribution in [2.24, 2.45) is 0 Å². The second kappa shape index (κ2) is 7.01. The second-order valence-corrected chi connectivity index (χ2v) is 5.12. The van der Waals surface area contributed by atoms with Gasteiger partial charge in [-0.3, -0.25) is 0 Å². The summed E-state index contributed by atoms with van der Waals surface area (Å²) in [6.07, 6.45) is 2.36. The fraction of sp³-hybridized carbons (Fsp3) is 0.278. The first-order valence-corrected chi connectivity index (χ1v) is 7.74. The van der Waals surface area contributed by atoms with Crippen LogP contribution in [0.25, 0.3) is 11.1 Å². The molecule has 0 aliphatic rings. The Labute approximate surface area is 139 Å². The van der Waals surface area contributed by atoms with Crippen molar-refractivity contribution in [3.8, 4) is 11.8 Å². The van der Waals surface area contributed by atoms with Crippen LogP contribution < -0.4 is 0 Å². The molecule has 2 heterocycles. The molecule has 0 spiro atoms. The minimum atomic E-state index is -0.443. The van der Waals surface area contributed by atoms with Gasteiger partial charge < -0.3 is 9.15 Å². The predicted molar refractivity (Wildman–Crippen MR) is 88.6 cm³/mol. The van der Waals surface area contributed by atoms with Crippen molar-refractivity contribution in [1.29, 1.82) is 0 Å². The zero-order valence-electron chi connectivity index (χ0n) is 13.6. The van der Waals surface area contributed by atoms with Crippen LogP contribution in [0.4, 0.5) is 4.79 Å². The number of aryl methyl sites for hydroxylation is 2. The molecule has 3 aromatic rings. The Balaban J connectivity index is 1.63. The lowest BCUT2D eigenvalue weighted by Crippen LogP contribution is -2.13. The summed E-state index contributed by atoms with van der Waals surface area (Å²) in [6, 6.07) is 7.65. The van der Waals surface area contributed by atoms with Gasteiger partial charge in [-0.25, -0.2) is 19.3 Å². The van der Waals surface area contributed by atoms with Crippen LogP contribution in [-0.2, 0) is 11.2 Å². The van der Waals surface area contributed by atoms with Crippen LogP contribution in [0.1, 0.15) is 30.8 Å². The van der Waals surface area contributed by atoms with Gasteiger partial charge in [-0.15, -0.1) is 0 Å². The first-order chi connectivity index (χ1) is 11.7. The third kappa shape index (κ3) is 3.46. The molecular formula is C18H17N3O3. The number of hydrogen-bond acceptors (Lipinski definition) is 5. The number of benzene rings is 1. The molecule has 3 rings (SSSR count). The molecule has 0 atom stereocenters. The minimum absolute atomic E-state index is 0.321. The molecule has 0 fully saturated rings. The Bertz CT molecular complexity index is 895. The number of oxazole rings is 1. The van der Waals surface area contributed by atoms with Crippen LogP contribution in [0, 0.1) is 18.8 Å². The van der Waals surface area contributed by atoms with E-state index >= 15 is 0 Å². The van der Waals surface area contributed by atoms with Crippen LogP contribution in [0.15, 0.2) is 34.9 Å². The first-order valence-electron chi connectivity index (χ1n) is 7.74. The second-order valence-electron chi connectivity index (χ2n) is 5.12. The van der Waals surface area contributed by atoms with Crippen LogP contribution in [0.5, 0.6) is 0 Å². The standard InChI is InChI=1S/C18H17N3O3/c1-3-23-18(22)21-12-14(19-13(21)2)8-4-7-11-17-20-15-9-5-6-10-16(15)24-17/h5-6,9-10,12H,3,7,11H2,1-2H3.